The molecule has 1 atom stereocenters. The first-order valence-electron chi connectivity index (χ1n) is 9.47. The van der Waals surface area contributed by atoms with Crippen LogP contribution in [0.2, 0.25) is 5.02 Å². The first kappa shape index (κ1) is 26.8. The number of ether oxygens (including phenoxy) is 1. The van der Waals surface area contributed by atoms with E-state index in [2.05, 4.69) is 15.4 Å². The summed E-state index contributed by atoms with van der Waals surface area (Å²) in [5.74, 6) is -0.00327. The van der Waals surface area contributed by atoms with E-state index in [0.29, 0.717) is 41.1 Å². The van der Waals surface area contributed by atoms with Crippen LogP contribution in [0.1, 0.15) is 44.8 Å². The first-order chi connectivity index (χ1) is 14.8. The van der Waals surface area contributed by atoms with Crippen molar-refractivity contribution in [2.75, 3.05) is 13.7 Å². The normalized spacial score (nSPS) is 14.8. The maximum atomic E-state index is 12.8. The fraction of sp³-hybridized carbons (Fsp3) is 0.526. The zero-order chi connectivity index (χ0) is 23.6. The molecular weight excluding hydrogens is 442 g/mol. The number of hydrogen-bond acceptors (Lipinski definition) is 5. The Bertz CT molecular complexity index is 818. The van der Waals surface area contributed by atoms with Crippen molar-refractivity contribution in [2.24, 2.45) is 5.73 Å². The molecule has 0 radical (unpaired) electrons. The third-order valence-corrected chi connectivity index (χ3v) is 4.65. The van der Waals surface area contributed by atoms with Crippen molar-refractivity contribution >= 4 is 18.0 Å². The van der Waals surface area contributed by atoms with Gasteiger partial charge in [0.1, 0.15) is 11.9 Å². The molecule has 0 spiro atoms. The molecule has 1 aromatic heterocycles. The minimum atomic E-state index is -2.79. The Morgan fingerprint density at radius 1 is 1.32 bits per heavy atom. The van der Waals surface area contributed by atoms with E-state index in [-0.39, 0.29) is 11.9 Å². The molecule has 1 unspecified atom stereocenters. The van der Waals surface area contributed by atoms with Gasteiger partial charge in [0.25, 0.3) is 6.43 Å². The Labute approximate surface area is 182 Å². The van der Waals surface area contributed by atoms with Gasteiger partial charge >= 0.3 is 6.55 Å². The molecule has 7 nitrogen and oxygen atoms in total. The number of rotatable bonds is 8. The fourth-order valence-electron chi connectivity index (χ4n) is 2.48. The lowest BCUT2D eigenvalue weighted by Gasteiger charge is -2.13. The van der Waals surface area contributed by atoms with Gasteiger partial charge in [-0.15, -0.1) is 0 Å². The number of alkyl halides is 4. The van der Waals surface area contributed by atoms with Gasteiger partial charge < -0.3 is 15.8 Å². The Balaban J connectivity index is 0.000000365. The molecule has 0 bridgehead atoms. The zero-order valence-electron chi connectivity index (χ0n) is 17.4. The lowest BCUT2D eigenvalue weighted by Crippen LogP contribution is -2.36. The van der Waals surface area contributed by atoms with Gasteiger partial charge in [0.2, 0.25) is 6.41 Å². The lowest BCUT2D eigenvalue weighted by atomic mass is 10.0. The van der Waals surface area contributed by atoms with E-state index in [1.165, 1.54) is 7.11 Å². The van der Waals surface area contributed by atoms with Crippen LogP contribution in [0.25, 0.3) is 11.4 Å². The molecule has 12 heteroatoms. The number of hydrogen-bond donors (Lipinski definition) is 2. The molecule has 3 N–H and O–H groups in total. The van der Waals surface area contributed by atoms with Gasteiger partial charge in [-0.25, -0.2) is 13.8 Å². The number of carbonyl (C=O) groups excluding carboxylic acids is 1. The molecule has 31 heavy (non-hydrogen) atoms. The van der Waals surface area contributed by atoms with Crippen molar-refractivity contribution in [2.45, 2.75) is 51.2 Å². The molecule has 1 aliphatic carbocycles. The summed E-state index contributed by atoms with van der Waals surface area (Å²) in [5, 5.41) is 5.89. The maximum Gasteiger partial charge on any atom is 0.335 e. The standard InChI is InChI=1S/C12H13ClF2N4O.C5H7F2NO.C2H6/c1-20-5-10(16)7-2-3-9(13)8(4-7)11-17-6-18-19(11)12(14)15;6-4(7)5(1-2-5)8-3-9;1-2/h2-4,6,10,12H,5,16H2,1H3;3-4H,1-2H2,(H,8,9);1-2H3. The average Bonchev–Trinajstić information content (AvgIpc) is 3.37. The number of nitrogens with one attached hydrogen (secondary N) is 1. The van der Waals surface area contributed by atoms with E-state index in [1.54, 1.807) is 18.2 Å². The third kappa shape index (κ3) is 7.15. The Morgan fingerprint density at radius 3 is 2.42 bits per heavy atom. The average molecular weight is 468 g/mol. The highest BCUT2D eigenvalue weighted by molar-refractivity contribution is 6.33. The smallest absolute Gasteiger partial charge is 0.335 e. The first-order valence-corrected chi connectivity index (χ1v) is 9.85. The SMILES string of the molecule is CC.COCC(N)c1ccc(Cl)c(-c2ncnn2C(F)F)c1.O=CNC1(C(F)F)CC1. The second kappa shape index (κ2) is 12.6. The summed E-state index contributed by atoms with van der Waals surface area (Å²) in [6, 6.07) is 4.55. The van der Waals surface area contributed by atoms with Gasteiger partial charge in [-0.3, -0.25) is 4.79 Å². The largest absolute Gasteiger partial charge is 0.383 e. The summed E-state index contributed by atoms with van der Waals surface area (Å²) in [6.45, 7) is 1.52. The van der Waals surface area contributed by atoms with Crippen LogP contribution >= 0.6 is 11.6 Å². The zero-order valence-corrected chi connectivity index (χ0v) is 18.1. The van der Waals surface area contributed by atoms with Gasteiger partial charge in [0.05, 0.1) is 17.7 Å². The molecule has 3 rings (SSSR count). The van der Waals surface area contributed by atoms with Crippen LogP contribution in [0.3, 0.4) is 0 Å². The summed E-state index contributed by atoms with van der Waals surface area (Å²) in [4.78, 5) is 13.6. The van der Waals surface area contributed by atoms with Crippen LogP contribution in [-0.2, 0) is 9.53 Å². The van der Waals surface area contributed by atoms with E-state index in [0.717, 1.165) is 11.9 Å². The topological polar surface area (TPSA) is 95.1 Å². The Kier molecular flexibility index (Phi) is 10.9. The number of amides is 1. The molecule has 1 saturated carbocycles. The Hall–Kier alpha value is -2.24. The third-order valence-electron chi connectivity index (χ3n) is 4.32. The molecule has 174 valence electrons. The van der Waals surface area contributed by atoms with Crippen LogP contribution in [0.15, 0.2) is 24.5 Å². The second-order valence-corrected chi connectivity index (χ2v) is 6.73. The number of halogens is 5. The van der Waals surface area contributed by atoms with Gasteiger partial charge in [-0.05, 0) is 30.5 Å². The van der Waals surface area contributed by atoms with Gasteiger partial charge in [-0.1, -0.05) is 31.5 Å². The molecule has 1 amide bonds. The number of nitrogens with zero attached hydrogens (tertiary/aromatic N) is 3. The predicted molar refractivity (Wildman–Crippen MR) is 109 cm³/mol. The molecule has 0 saturated heterocycles. The summed E-state index contributed by atoms with van der Waals surface area (Å²) in [5.41, 5.74) is 5.84. The number of methoxy groups -OCH3 is 1. The molecule has 2 aromatic rings. The fourth-order valence-corrected chi connectivity index (χ4v) is 2.69. The molecule has 1 aromatic carbocycles. The second-order valence-electron chi connectivity index (χ2n) is 6.33. The van der Waals surface area contributed by atoms with Crippen molar-refractivity contribution in [3.8, 4) is 11.4 Å². The summed E-state index contributed by atoms with van der Waals surface area (Å²) >= 11 is 6.05. The lowest BCUT2D eigenvalue weighted by molar-refractivity contribution is -0.111. The summed E-state index contributed by atoms with van der Waals surface area (Å²) < 4.78 is 54.8. The number of nitrogens with two attached hydrogens (primary N) is 1. The molecular formula is C19H26ClF4N5O2. The summed E-state index contributed by atoms with van der Waals surface area (Å²) in [7, 11) is 1.53. The van der Waals surface area contributed by atoms with Gasteiger partial charge in [-0.2, -0.15) is 18.6 Å². The molecule has 1 heterocycles. The molecule has 1 aliphatic rings. The number of aromatic nitrogens is 3. The van der Waals surface area contributed by atoms with Gasteiger partial charge in [0, 0.05) is 12.7 Å². The highest BCUT2D eigenvalue weighted by atomic mass is 35.5. The van der Waals surface area contributed by atoms with Crippen LogP contribution in [0.5, 0.6) is 0 Å². The minimum absolute atomic E-state index is 0.00327. The van der Waals surface area contributed by atoms with Crippen molar-refractivity contribution in [3.63, 3.8) is 0 Å². The van der Waals surface area contributed by atoms with E-state index in [9.17, 15) is 22.4 Å². The number of carbonyl (C=O) groups is 1. The quantitative estimate of drug-likeness (QED) is 0.448. The van der Waals surface area contributed by atoms with Crippen LogP contribution in [-0.4, -0.2) is 46.9 Å². The molecule has 1 fully saturated rings. The van der Waals surface area contributed by atoms with Crippen LogP contribution in [0, 0.1) is 0 Å². The monoisotopic (exact) mass is 467 g/mol. The highest BCUT2D eigenvalue weighted by Gasteiger charge is 2.50. The van der Waals surface area contributed by atoms with E-state index in [1.807, 2.05) is 13.8 Å². The van der Waals surface area contributed by atoms with Crippen molar-refractivity contribution in [3.05, 3.63) is 35.1 Å². The Morgan fingerprint density at radius 2 is 1.97 bits per heavy atom. The minimum Gasteiger partial charge on any atom is -0.383 e. The summed E-state index contributed by atoms with van der Waals surface area (Å²) in [6.07, 6.45) is -0.214. The van der Waals surface area contributed by atoms with E-state index in [4.69, 9.17) is 22.1 Å². The number of benzene rings is 1. The van der Waals surface area contributed by atoms with E-state index < -0.39 is 18.5 Å². The van der Waals surface area contributed by atoms with Gasteiger partial charge in [0.15, 0.2) is 5.82 Å². The molecule has 0 aliphatic heterocycles. The van der Waals surface area contributed by atoms with Crippen LogP contribution < -0.4 is 11.1 Å². The van der Waals surface area contributed by atoms with Crippen molar-refractivity contribution in [1.82, 2.24) is 20.1 Å². The highest BCUT2D eigenvalue weighted by Crippen LogP contribution is 2.40. The van der Waals surface area contributed by atoms with E-state index >= 15 is 0 Å². The van der Waals surface area contributed by atoms with Crippen molar-refractivity contribution in [1.29, 1.82) is 0 Å². The predicted octanol–water partition coefficient (Wildman–Crippen LogP) is 4.20. The van der Waals surface area contributed by atoms with Crippen LogP contribution in [0.4, 0.5) is 17.6 Å². The maximum absolute atomic E-state index is 12.8. The van der Waals surface area contributed by atoms with Crippen molar-refractivity contribution < 1.29 is 27.1 Å².